The van der Waals surface area contributed by atoms with Crippen molar-refractivity contribution in [1.29, 1.82) is 0 Å². The average molecular weight is 408 g/mol. The molecule has 0 bridgehead atoms. The molecule has 1 N–H and O–H groups in total. The Bertz CT molecular complexity index is 1040. The summed E-state index contributed by atoms with van der Waals surface area (Å²) in [5.74, 6) is 0.767. The van der Waals surface area contributed by atoms with E-state index < -0.39 is 4.92 Å². The number of benzene rings is 2. The number of nitro groups is 1. The molecule has 0 saturated carbocycles. The van der Waals surface area contributed by atoms with E-state index in [1.807, 2.05) is 24.3 Å². The number of hydrogen-bond donors (Lipinski definition) is 1. The van der Waals surface area contributed by atoms with E-state index in [4.69, 9.17) is 9.47 Å². The maximum absolute atomic E-state index is 12.2. The monoisotopic (exact) mass is 408 g/mol. The maximum atomic E-state index is 12.2. The standard InChI is InChI=1S/C21H20N4O5/c1-14-13-16(5-9-19(14)25(27)28)21(26)22-11-12-30-20-10-8-18(23-24-20)15-3-6-17(29-2)7-4-15/h3-10,13H,11-12H2,1-2H3,(H,22,26). The molecular weight excluding hydrogens is 388 g/mol. The van der Waals surface area contributed by atoms with E-state index in [1.165, 1.54) is 18.2 Å². The van der Waals surface area contributed by atoms with Gasteiger partial charge in [-0.15, -0.1) is 10.2 Å². The summed E-state index contributed by atoms with van der Waals surface area (Å²) in [6.45, 7) is 2.04. The summed E-state index contributed by atoms with van der Waals surface area (Å²) >= 11 is 0. The second-order valence-electron chi connectivity index (χ2n) is 6.35. The Balaban J connectivity index is 1.48. The third-order valence-electron chi connectivity index (χ3n) is 4.32. The van der Waals surface area contributed by atoms with Gasteiger partial charge < -0.3 is 14.8 Å². The molecule has 0 unspecified atom stereocenters. The smallest absolute Gasteiger partial charge is 0.272 e. The summed E-state index contributed by atoms with van der Waals surface area (Å²) in [5.41, 5.74) is 2.36. The third-order valence-corrected chi connectivity index (χ3v) is 4.32. The van der Waals surface area contributed by atoms with E-state index in [2.05, 4.69) is 15.5 Å². The summed E-state index contributed by atoms with van der Waals surface area (Å²) in [7, 11) is 1.61. The molecule has 0 aliphatic heterocycles. The molecule has 1 heterocycles. The number of nitrogens with one attached hydrogen (secondary N) is 1. The highest BCUT2D eigenvalue weighted by molar-refractivity contribution is 5.94. The molecule has 9 heteroatoms. The van der Waals surface area contributed by atoms with Gasteiger partial charge in [0.2, 0.25) is 5.88 Å². The first-order chi connectivity index (χ1) is 14.5. The van der Waals surface area contributed by atoms with Gasteiger partial charge in [-0.1, -0.05) is 0 Å². The molecule has 0 aliphatic carbocycles. The lowest BCUT2D eigenvalue weighted by Gasteiger charge is -2.08. The van der Waals surface area contributed by atoms with Crippen LogP contribution in [-0.2, 0) is 0 Å². The summed E-state index contributed by atoms with van der Waals surface area (Å²) in [6, 6.07) is 15.2. The number of amides is 1. The lowest BCUT2D eigenvalue weighted by atomic mass is 10.1. The molecule has 9 nitrogen and oxygen atoms in total. The fourth-order valence-electron chi connectivity index (χ4n) is 2.74. The number of aryl methyl sites for hydroxylation is 1. The summed E-state index contributed by atoms with van der Waals surface area (Å²) in [5, 5.41) is 21.7. The van der Waals surface area contributed by atoms with Crippen molar-refractivity contribution in [2.24, 2.45) is 0 Å². The van der Waals surface area contributed by atoms with Gasteiger partial charge in [-0.3, -0.25) is 14.9 Å². The normalized spacial score (nSPS) is 10.3. The van der Waals surface area contributed by atoms with Crippen LogP contribution in [-0.4, -0.2) is 41.3 Å². The van der Waals surface area contributed by atoms with E-state index in [0.717, 1.165) is 11.3 Å². The average Bonchev–Trinajstić information content (AvgIpc) is 2.76. The van der Waals surface area contributed by atoms with Crippen molar-refractivity contribution >= 4 is 11.6 Å². The van der Waals surface area contributed by atoms with E-state index >= 15 is 0 Å². The zero-order valence-electron chi connectivity index (χ0n) is 16.5. The van der Waals surface area contributed by atoms with Crippen LogP contribution in [0.4, 0.5) is 5.69 Å². The van der Waals surface area contributed by atoms with Crippen LogP contribution < -0.4 is 14.8 Å². The minimum atomic E-state index is -0.480. The molecule has 1 amide bonds. The summed E-state index contributed by atoms with van der Waals surface area (Å²) in [4.78, 5) is 22.5. The van der Waals surface area contributed by atoms with Gasteiger partial charge in [0.05, 0.1) is 24.3 Å². The molecule has 0 fully saturated rings. The van der Waals surface area contributed by atoms with E-state index in [0.29, 0.717) is 22.7 Å². The minimum Gasteiger partial charge on any atom is -0.497 e. The first-order valence-corrected chi connectivity index (χ1v) is 9.12. The number of nitro benzene ring substituents is 1. The van der Waals surface area contributed by atoms with Crippen LogP contribution in [0.25, 0.3) is 11.3 Å². The molecule has 0 aliphatic rings. The molecule has 0 saturated heterocycles. The SMILES string of the molecule is COc1ccc(-c2ccc(OCCNC(=O)c3ccc([N+](=O)[O-])c(C)c3)nn2)cc1. The van der Waals surface area contributed by atoms with E-state index in [9.17, 15) is 14.9 Å². The largest absolute Gasteiger partial charge is 0.497 e. The molecule has 1 aromatic heterocycles. The highest BCUT2D eigenvalue weighted by atomic mass is 16.6. The number of carbonyl (C=O) groups excluding carboxylic acids is 1. The minimum absolute atomic E-state index is 0.0217. The Hall–Kier alpha value is -4.01. The lowest BCUT2D eigenvalue weighted by Crippen LogP contribution is -2.28. The Morgan fingerprint density at radius 3 is 2.47 bits per heavy atom. The fraction of sp³-hybridized carbons (Fsp3) is 0.190. The molecule has 0 spiro atoms. The maximum Gasteiger partial charge on any atom is 0.272 e. The van der Waals surface area contributed by atoms with Crippen LogP contribution in [0.1, 0.15) is 15.9 Å². The molecule has 0 atom stereocenters. The zero-order valence-corrected chi connectivity index (χ0v) is 16.5. The van der Waals surface area contributed by atoms with Crippen LogP contribution in [0.15, 0.2) is 54.6 Å². The van der Waals surface area contributed by atoms with E-state index in [-0.39, 0.29) is 24.7 Å². The quantitative estimate of drug-likeness (QED) is 0.346. The highest BCUT2D eigenvalue weighted by Gasteiger charge is 2.13. The number of carbonyl (C=O) groups is 1. The lowest BCUT2D eigenvalue weighted by molar-refractivity contribution is -0.385. The number of hydrogen-bond acceptors (Lipinski definition) is 7. The Morgan fingerprint density at radius 1 is 1.10 bits per heavy atom. The van der Waals surface area contributed by atoms with Crippen molar-refractivity contribution in [2.75, 3.05) is 20.3 Å². The van der Waals surface area contributed by atoms with Crippen LogP contribution in [0.5, 0.6) is 11.6 Å². The predicted molar refractivity (Wildman–Crippen MR) is 110 cm³/mol. The topological polar surface area (TPSA) is 116 Å². The summed E-state index contributed by atoms with van der Waals surface area (Å²) < 4.78 is 10.6. The van der Waals surface area contributed by atoms with Gasteiger partial charge in [-0.25, -0.2) is 0 Å². The third kappa shape index (κ3) is 5.07. The number of ether oxygens (including phenoxy) is 2. The van der Waals surface area contributed by atoms with Crippen LogP contribution >= 0.6 is 0 Å². The first-order valence-electron chi connectivity index (χ1n) is 9.12. The van der Waals surface area contributed by atoms with Crippen molar-refractivity contribution in [2.45, 2.75) is 6.92 Å². The predicted octanol–water partition coefficient (Wildman–Crippen LogP) is 3.18. The second kappa shape index (κ2) is 9.46. The first kappa shape index (κ1) is 20.7. The highest BCUT2D eigenvalue weighted by Crippen LogP contribution is 2.21. The van der Waals surface area contributed by atoms with E-state index in [1.54, 1.807) is 26.2 Å². The summed E-state index contributed by atoms with van der Waals surface area (Å²) in [6.07, 6.45) is 0. The number of methoxy groups -OCH3 is 1. The number of aromatic nitrogens is 2. The van der Waals surface area contributed by atoms with Crippen LogP contribution in [0.3, 0.4) is 0 Å². The van der Waals surface area contributed by atoms with Gasteiger partial charge in [-0.05, 0) is 49.4 Å². The van der Waals surface area contributed by atoms with Gasteiger partial charge in [-0.2, -0.15) is 0 Å². The van der Waals surface area contributed by atoms with Gasteiger partial charge in [0.1, 0.15) is 12.4 Å². The molecule has 30 heavy (non-hydrogen) atoms. The van der Waals surface area contributed by atoms with Crippen LogP contribution in [0, 0.1) is 17.0 Å². The molecule has 0 radical (unpaired) electrons. The molecule has 3 rings (SSSR count). The zero-order chi connectivity index (χ0) is 21.5. The van der Waals surface area contributed by atoms with Crippen molar-refractivity contribution in [3.63, 3.8) is 0 Å². The van der Waals surface area contributed by atoms with Crippen molar-refractivity contribution in [3.8, 4) is 22.9 Å². The molecule has 2 aromatic carbocycles. The molecular formula is C21H20N4O5. The van der Waals surface area contributed by atoms with Gasteiger partial charge in [0.25, 0.3) is 11.6 Å². The molecule has 3 aromatic rings. The van der Waals surface area contributed by atoms with Gasteiger partial charge >= 0.3 is 0 Å². The Morgan fingerprint density at radius 2 is 1.87 bits per heavy atom. The van der Waals surface area contributed by atoms with Gasteiger partial charge in [0.15, 0.2) is 0 Å². The second-order valence-corrected chi connectivity index (χ2v) is 6.35. The van der Waals surface area contributed by atoms with Crippen molar-refractivity contribution < 1.29 is 19.2 Å². The number of rotatable bonds is 8. The van der Waals surface area contributed by atoms with Crippen molar-refractivity contribution in [1.82, 2.24) is 15.5 Å². The Kier molecular flexibility index (Phi) is 6.53. The van der Waals surface area contributed by atoms with Crippen LogP contribution in [0.2, 0.25) is 0 Å². The fourth-order valence-corrected chi connectivity index (χ4v) is 2.74. The Labute approximate surface area is 172 Å². The van der Waals surface area contributed by atoms with Crippen molar-refractivity contribution in [3.05, 3.63) is 75.8 Å². The molecule has 154 valence electrons. The number of nitrogens with zero attached hydrogens (tertiary/aromatic N) is 3. The van der Waals surface area contributed by atoms with Gasteiger partial charge in [0, 0.05) is 28.8 Å².